The average Bonchev–Trinajstić information content (AvgIpc) is 2.80. The number of phosphoric ester groups is 1. The summed E-state index contributed by atoms with van der Waals surface area (Å²) in [6.45, 7) is 8.27. The Kier molecular flexibility index (Phi) is 10.3. The molecule has 0 unspecified atom stereocenters. The number of rotatable bonds is 10. The maximum absolute atomic E-state index is 13.2. The lowest BCUT2D eigenvalue weighted by atomic mass is 9.87. The third-order valence-corrected chi connectivity index (χ3v) is 6.55. The average molecular weight is 559 g/mol. The van der Waals surface area contributed by atoms with Crippen molar-refractivity contribution in [2.75, 3.05) is 20.3 Å². The van der Waals surface area contributed by atoms with Gasteiger partial charge < -0.3 is 29.7 Å². The number of ether oxygens (including phenoxy) is 2. The fraction of sp³-hybridized carbons (Fsp3) is 0.583. The number of aliphatic carboxylic acids is 1. The number of carbonyl (C=O) groups excluding carboxylic acids is 3. The zero-order chi connectivity index (χ0) is 28.7. The molecule has 1 aliphatic rings. The van der Waals surface area contributed by atoms with Crippen molar-refractivity contribution in [3.8, 4) is 5.75 Å². The van der Waals surface area contributed by atoms with Gasteiger partial charge in [-0.25, -0.2) is 14.2 Å². The zero-order valence-corrected chi connectivity index (χ0v) is 23.2. The van der Waals surface area contributed by atoms with E-state index in [1.165, 1.54) is 31.4 Å². The van der Waals surface area contributed by atoms with Crippen molar-refractivity contribution in [2.45, 2.75) is 65.2 Å². The summed E-state index contributed by atoms with van der Waals surface area (Å²) in [6, 6.07) is 4.66. The van der Waals surface area contributed by atoms with E-state index < -0.39 is 54.9 Å². The number of hydrogen-bond acceptors (Lipinski definition) is 10. The molecule has 14 heteroatoms. The van der Waals surface area contributed by atoms with E-state index in [-0.39, 0.29) is 31.7 Å². The molecule has 13 nitrogen and oxygen atoms in total. The second-order valence-corrected chi connectivity index (χ2v) is 11.8. The van der Waals surface area contributed by atoms with Gasteiger partial charge in [-0.1, -0.05) is 26.0 Å². The Morgan fingerprint density at radius 1 is 1.18 bits per heavy atom. The van der Waals surface area contributed by atoms with Gasteiger partial charge in [0, 0.05) is 18.4 Å². The molecule has 2 amide bonds. The van der Waals surface area contributed by atoms with Crippen molar-refractivity contribution in [3.63, 3.8) is 0 Å². The predicted octanol–water partition coefficient (Wildman–Crippen LogP) is 2.81. The zero-order valence-electron chi connectivity index (χ0n) is 22.3. The molecule has 1 aromatic carbocycles. The highest BCUT2D eigenvalue weighted by atomic mass is 31.2. The van der Waals surface area contributed by atoms with E-state index in [4.69, 9.17) is 18.3 Å². The van der Waals surface area contributed by atoms with E-state index in [9.17, 15) is 28.8 Å². The van der Waals surface area contributed by atoms with E-state index in [1.54, 1.807) is 34.6 Å². The van der Waals surface area contributed by atoms with Crippen molar-refractivity contribution >= 4 is 31.8 Å². The van der Waals surface area contributed by atoms with Crippen molar-refractivity contribution in [1.29, 1.82) is 0 Å². The van der Waals surface area contributed by atoms with Crippen LogP contribution in [0.5, 0.6) is 5.75 Å². The minimum absolute atomic E-state index is 0.00897. The summed E-state index contributed by atoms with van der Waals surface area (Å²) in [5.41, 5.74) is -1.10. The molecule has 1 fully saturated rings. The first kappa shape index (κ1) is 31.1. The Labute approximate surface area is 221 Å². The van der Waals surface area contributed by atoms with Crippen LogP contribution < -0.4 is 15.2 Å². The Morgan fingerprint density at radius 2 is 1.82 bits per heavy atom. The SMILES string of the molecule is COC(=O)CCNC(=O)[C@@H]1O[P@](=O)(Oc2ccc(C[C@H](NC(=O)OC(C)(C)C)C(=O)O)cc2)OCC1(C)C. The Hall–Kier alpha value is -3.15. The lowest BCUT2D eigenvalue weighted by Gasteiger charge is -2.39. The molecule has 0 saturated carbocycles. The summed E-state index contributed by atoms with van der Waals surface area (Å²) in [5, 5.41) is 14.3. The predicted molar refractivity (Wildman–Crippen MR) is 133 cm³/mol. The molecule has 2 rings (SSSR count). The third-order valence-electron chi connectivity index (χ3n) is 5.20. The number of alkyl carbamates (subject to hydrolysis) is 1. The molecule has 212 valence electrons. The highest BCUT2D eigenvalue weighted by Gasteiger charge is 2.50. The molecule has 1 aliphatic heterocycles. The molecule has 1 heterocycles. The number of nitrogens with one attached hydrogen (secondary N) is 2. The molecule has 3 atom stereocenters. The summed E-state index contributed by atoms with van der Waals surface area (Å²) >= 11 is 0. The van der Waals surface area contributed by atoms with E-state index in [0.29, 0.717) is 5.56 Å². The number of amides is 2. The topological polar surface area (TPSA) is 176 Å². The van der Waals surface area contributed by atoms with E-state index >= 15 is 0 Å². The molecular formula is C24H35N2O11P. The van der Waals surface area contributed by atoms with Crippen LogP contribution in [0.1, 0.15) is 46.6 Å². The Morgan fingerprint density at radius 3 is 2.37 bits per heavy atom. The fourth-order valence-electron chi connectivity index (χ4n) is 3.26. The summed E-state index contributed by atoms with van der Waals surface area (Å²) in [4.78, 5) is 47.5. The number of hydrogen-bond donors (Lipinski definition) is 3. The molecule has 3 N–H and O–H groups in total. The lowest BCUT2D eigenvalue weighted by molar-refractivity contribution is -0.142. The maximum atomic E-state index is 13.2. The molecule has 1 aromatic rings. The van der Waals surface area contributed by atoms with Gasteiger partial charge >= 0.3 is 25.9 Å². The fourth-order valence-corrected chi connectivity index (χ4v) is 4.92. The first-order chi connectivity index (χ1) is 17.5. The standard InChI is InChI=1S/C24H35N2O11P/c1-23(2,3)35-22(31)26-17(21(29)30)13-15-7-9-16(10-8-15)36-38(32)34-14-24(4,5)19(37-38)20(28)25-12-11-18(27)33-6/h7-10,17,19H,11-14H2,1-6H3,(H,25,28)(H,26,31)(H,29,30)/t17-,19-,38-/m0/s1. The van der Waals surface area contributed by atoms with Crippen molar-refractivity contribution < 1.29 is 51.9 Å². The smallest absolute Gasteiger partial charge is 0.480 e. The number of carboxylic acid groups (broad SMARTS) is 1. The van der Waals surface area contributed by atoms with Crippen LogP contribution in [0.15, 0.2) is 24.3 Å². The monoisotopic (exact) mass is 558 g/mol. The number of methoxy groups -OCH3 is 1. The largest absolute Gasteiger partial charge is 0.530 e. The van der Waals surface area contributed by atoms with Crippen LogP contribution in [0.3, 0.4) is 0 Å². The number of phosphoric acid groups is 1. The molecule has 0 aliphatic carbocycles. The van der Waals surface area contributed by atoms with Crippen LogP contribution in [-0.2, 0) is 43.9 Å². The highest BCUT2D eigenvalue weighted by Crippen LogP contribution is 2.56. The Bertz CT molecular complexity index is 1070. The summed E-state index contributed by atoms with van der Waals surface area (Å²) in [6.07, 6.45) is -2.14. The van der Waals surface area contributed by atoms with E-state index in [2.05, 4.69) is 15.4 Å². The van der Waals surface area contributed by atoms with Crippen LogP contribution in [-0.4, -0.2) is 67.1 Å². The molecule has 1 saturated heterocycles. The van der Waals surface area contributed by atoms with Gasteiger partial charge in [0.1, 0.15) is 17.4 Å². The quantitative estimate of drug-likeness (QED) is 0.284. The Balaban J connectivity index is 2.03. The summed E-state index contributed by atoms with van der Waals surface area (Å²) in [5.74, 6) is -2.24. The first-order valence-corrected chi connectivity index (χ1v) is 13.3. The summed E-state index contributed by atoms with van der Waals surface area (Å²) in [7, 11) is -2.96. The minimum atomic E-state index is -4.20. The lowest BCUT2D eigenvalue weighted by Crippen LogP contribution is -2.50. The van der Waals surface area contributed by atoms with Gasteiger partial charge in [0.25, 0.3) is 5.91 Å². The molecule has 0 radical (unpaired) electrons. The van der Waals surface area contributed by atoms with Crippen LogP contribution >= 0.6 is 7.82 Å². The van der Waals surface area contributed by atoms with Gasteiger partial charge in [-0.05, 0) is 38.5 Å². The van der Waals surface area contributed by atoms with E-state index in [1.807, 2.05) is 0 Å². The van der Waals surface area contributed by atoms with E-state index in [0.717, 1.165) is 0 Å². The van der Waals surface area contributed by atoms with Crippen molar-refractivity contribution in [1.82, 2.24) is 10.6 Å². The molecular weight excluding hydrogens is 523 g/mol. The third kappa shape index (κ3) is 9.62. The number of benzene rings is 1. The second kappa shape index (κ2) is 12.6. The van der Waals surface area contributed by atoms with Crippen LogP contribution in [0.4, 0.5) is 4.79 Å². The molecule has 38 heavy (non-hydrogen) atoms. The maximum Gasteiger partial charge on any atom is 0.530 e. The van der Waals surface area contributed by atoms with Gasteiger partial charge in [0.05, 0.1) is 20.1 Å². The van der Waals surface area contributed by atoms with Crippen LogP contribution in [0, 0.1) is 5.41 Å². The van der Waals surface area contributed by atoms with Crippen molar-refractivity contribution in [2.24, 2.45) is 5.41 Å². The normalized spacial score (nSPS) is 21.5. The number of esters is 1. The summed E-state index contributed by atoms with van der Waals surface area (Å²) < 4.78 is 39.1. The molecule has 0 aromatic heterocycles. The van der Waals surface area contributed by atoms with Gasteiger partial charge in [0.15, 0.2) is 6.10 Å². The van der Waals surface area contributed by atoms with Crippen LogP contribution in [0.2, 0.25) is 0 Å². The minimum Gasteiger partial charge on any atom is -0.480 e. The van der Waals surface area contributed by atoms with Gasteiger partial charge in [-0.3, -0.25) is 18.6 Å². The number of carbonyl (C=O) groups is 4. The molecule has 0 bridgehead atoms. The van der Waals surface area contributed by atoms with Crippen LogP contribution in [0.25, 0.3) is 0 Å². The first-order valence-electron chi connectivity index (χ1n) is 11.8. The highest BCUT2D eigenvalue weighted by molar-refractivity contribution is 7.49. The second-order valence-electron chi connectivity index (χ2n) is 10.3. The van der Waals surface area contributed by atoms with Gasteiger partial charge in [-0.15, -0.1) is 0 Å². The molecule has 0 spiro atoms. The van der Waals surface area contributed by atoms with Crippen molar-refractivity contribution in [3.05, 3.63) is 29.8 Å². The van der Waals surface area contributed by atoms with Gasteiger partial charge in [0.2, 0.25) is 0 Å². The van der Waals surface area contributed by atoms with Gasteiger partial charge in [-0.2, -0.15) is 0 Å². The number of carboxylic acids is 1.